The van der Waals surface area contributed by atoms with Crippen molar-refractivity contribution >= 4 is 41.5 Å². The second kappa shape index (κ2) is 12.2. The highest BCUT2D eigenvalue weighted by molar-refractivity contribution is 14.0. The number of morpholine rings is 1. The number of halogens is 1. The number of guanidine groups is 1. The number of amides is 1. The van der Waals surface area contributed by atoms with Gasteiger partial charge < -0.3 is 20.7 Å². The van der Waals surface area contributed by atoms with Crippen molar-refractivity contribution in [3.8, 4) is 0 Å². The first kappa shape index (κ1) is 22.9. The topological polar surface area (TPSA) is 83.2 Å². The number of hydrogen-bond acceptors (Lipinski definition) is 4. The Morgan fingerprint density at radius 2 is 1.89 bits per heavy atom. The molecule has 2 aliphatic rings. The molecule has 2 aliphatic heterocycles. The number of piperidine rings is 1. The van der Waals surface area contributed by atoms with Gasteiger partial charge in [-0.15, -0.1) is 24.0 Å². The van der Waals surface area contributed by atoms with Crippen LogP contribution in [0.4, 0.5) is 5.69 Å². The van der Waals surface area contributed by atoms with Crippen LogP contribution in [0.15, 0.2) is 29.3 Å². The summed E-state index contributed by atoms with van der Waals surface area (Å²) >= 11 is 0. The van der Waals surface area contributed by atoms with Crippen LogP contribution < -0.4 is 16.0 Å². The molecule has 0 unspecified atom stereocenters. The molecular formula is C20H32IN5O2. The lowest BCUT2D eigenvalue weighted by Crippen LogP contribution is -2.39. The van der Waals surface area contributed by atoms with Gasteiger partial charge in [-0.2, -0.15) is 0 Å². The zero-order valence-electron chi connectivity index (χ0n) is 16.4. The van der Waals surface area contributed by atoms with Gasteiger partial charge in [0.2, 0.25) is 5.91 Å². The van der Waals surface area contributed by atoms with E-state index in [1.165, 1.54) is 0 Å². The fraction of sp³-hybridized carbons (Fsp3) is 0.600. The zero-order chi connectivity index (χ0) is 18.9. The molecule has 0 bridgehead atoms. The smallest absolute Gasteiger partial charge is 0.226 e. The predicted molar refractivity (Wildman–Crippen MR) is 123 cm³/mol. The number of nitrogens with two attached hydrogens (primary N) is 1. The standard InChI is InChI=1S/C20H31N5O2.HI/c21-20(22-9-3-10-24-12-14-27-15-13-24)23-16-17-5-7-18(8-6-17)25-11-2-1-4-19(25)26;/h5-8H,1-4,9-16H2,(H3,21,22,23);1H. The molecule has 28 heavy (non-hydrogen) atoms. The molecule has 8 heteroatoms. The molecule has 3 rings (SSSR count). The van der Waals surface area contributed by atoms with Crippen LogP contribution >= 0.6 is 24.0 Å². The molecule has 156 valence electrons. The summed E-state index contributed by atoms with van der Waals surface area (Å²) in [6.45, 7) is 6.94. The minimum absolute atomic E-state index is 0. The number of hydrogen-bond donors (Lipinski definition) is 2. The lowest BCUT2D eigenvalue weighted by atomic mass is 10.1. The van der Waals surface area contributed by atoms with Gasteiger partial charge in [0.1, 0.15) is 0 Å². The second-order valence-electron chi connectivity index (χ2n) is 7.10. The maximum Gasteiger partial charge on any atom is 0.226 e. The minimum Gasteiger partial charge on any atom is -0.379 e. The van der Waals surface area contributed by atoms with Crippen molar-refractivity contribution in [1.29, 1.82) is 0 Å². The van der Waals surface area contributed by atoms with Gasteiger partial charge in [-0.3, -0.25) is 9.69 Å². The normalized spacial score (nSPS) is 18.6. The molecule has 2 saturated heterocycles. The summed E-state index contributed by atoms with van der Waals surface area (Å²) in [6.07, 6.45) is 3.76. The molecule has 0 aliphatic carbocycles. The summed E-state index contributed by atoms with van der Waals surface area (Å²) in [5.41, 5.74) is 8.02. The van der Waals surface area contributed by atoms with E-state index < -0.39 is 0 Å². The molecule has 2 heterocycles. The average Bonchev–Trinajstić information content (AvgIpc) is 2.71. The second-order valence-corrected chi connectivity index (χ2v) is 7.10. The summed E-state index contributed by atoms with van der Waals surface area (Å²) in [5, 5.41) is 3.18. The summed E-state index contributed by atoms with van der Waals surface area (Å²) in [4.78, 5) is 20.7. The first-order chi connectivity index (χ1) is 13.2. The molecule has 0 radical (unpaired) electrons. The van der Waals surface area contributed by atoms with Crippen molar-refractivity contribution in [1.82, 2.24) is 10.2 Å². The summed E-state index contributed by atoms with van der Waals surface area (Å²) in [7, 11) is 0. The third kappa shape index (κ3) is 7.21. The first-order valence-corrected chi connectivity index (χ1v) is 9.95. The van der Waals surface area contributed by atoms with Crippen LogP contribution in [0.5, 0.6) is 0 Å². The number of nitrogens with one attached hydrogen (secondary N) is 1. The van der Waals surface area contributed by atoms with Crippen LogP contribution in [0.25, 0.3) is 0 Å². The molecule has 1 aromatic rings. The Kier molecular flexibility index (Phi) is 10.0. The number of carbonyl (C=O) groups is 1. The third-order valence-electron chi connectivity index (χ3n) is 5.06. The van der Waals surface area contributed by atoms with Gasteiger partial charge in [-0.05, 0) is 43.5 Å². The van der Waals surface area contributed by atoms with Crippen LogP contribution in [-0.4, -0.2) is 62.7 Å². The largest absolute Gasteiger partial charge is 0.379 e. The van der Waals surface area contributed by atoms with E-state index in [0.717, 1.165) is 76.5 Å². The van der Waals surface area contributed by atoms with E-state index in [2.05, 4.69) is 15.2 Å². The molecule has 2 fully saturated rings. The number of rotatable bonds is 7. The lowest BCUT2D eigenvalue weighted by Gasteiger charge is -2.26. The number of ether oxygens (including phenoxy) is 1. The summed E-state index contributed by atoms with van der Waals surface area (Å²) in [5.74, 6) is 0.699. The molecule has 7 nitrogen and oxygen atoms in total. The quantitative estimate of drug-likeness (QED) is 0.258. The molecule has 0 atom stereocenters. The Morgan fingerprint density at radius 3 is 2.61 bits per heavy atom. The van der Waals surface area contributed by atoms with E-state index >= 15 is 0 Å². The molecule has 3 N–H and O–H groups in total. The van der Waals surface area contributed by atoms with Crippen molar-refractivity contribution in [3.05, 3.63) is 29.8 Å². The van der Waals surface area contributed by atoms with Gasteiger partial charge in [-0.1, -0.05) is 12.1 Å². The number of anilines is 1. The van der Waals surface area contributed by atoms with E-state index in [1.54, 1.807) is 0 Å². The number of benzene rings is 1. The maximum atomic E-state index is 12.0. The van der Waals surface area contributed by atoms with Crippen LogP contribution in [0.3, 0.4) is 0 Å². The highest BCUT2D eigenvalue weighted by Gasteiger charge is 2.19. The van der Waals surface area contributed by atoms with Crippen molar-refractivity contribution in [2.24, 2.45) is 10.7 Å². The molecular weight excluding hydrogens is 469 g/mol. The molecule has 1 amide bonds. The van der Waals surface area contributed by atoms with E-state index in [0.29, 0.717) is 18.9 Å². The minimum atomic E-state index is 0. The van der Waals surface area contributed by atoms with Crippen LogP contribution in [0.1, 0.15) is 31.2 Å². The maximum absolute atomic E-state index is 12.0. The predicted octanol–water partition coefficient (Wildman–Crippen LogP) is 1.95. The van der Waals surface area contributed by atoms with E-state index in [1.807, 2.05) is 29.2 Å². The van der Waals surface area contributed by atoms with Gasteiger partial charge in [0.05, 0.1) is 19.8 Å². The average molecular weight is 501 g/mol. The summed E-state index contributed by atoms with van der Waals surface area (Å²) in [6, 6.07) is 8.04. The molecule has 0 spiro atoms. The number of nitrogens with zero attached hydrogens (tertiary/aromatic N) is 3. The highest BCUT2D eigenvalue weighted by atomic mass is 127. The Hall–Kier alpha value is -1.39. The third-order valence-corrected chi connectivity index (χ3v) is 5.06. The Labute approximate surface area is 184 Å². The fourth-order valence-corrected chi connectivity index (χ4v) is 3.44. The van der Waals surface area contributed by atoms with Gasteiger partial charge in [-0.25, -0.2) is 4.99 Å². The Balaban J connectivity index is 0.00000280. The molecule has 1 aromatic carbocycles. The van der Waals surface area contributed by atoms with Crippen molar-refractivity contribution in [2.75, 3.05) is 50.8 Å². The Bertz CT molecular complexity index is 632. The van der Waals surface area contributed by atoms with Gasteiger partial charge >= 0.3 is 0 Å². The summed E-state index contributed by atoms with van der Waals surface area (Å²) < 4.78 is 5.35. The number of carbonyl (C=O) groups excluding carboxylic acids is 1. The van der Waals surface area contributed by atoms with E-state index in [9.17, 15) is 4.79 Å². The SMILES string of the molecule is I.NC(=NCc1ccc(N2CCCCC2=O)cc1)NCCCN1CCOCC1. The monoisotopic (exact) mass is 501 g/mol. The Morgan fingerprint density at radius 1 is 1.14 bits per heavy atom. The van der Waals surface area contributed by atoms with Crippen molar-refractivity contribution in [2.45, 2.75) is 32.2 Å². The lowest BCUT2D eigenvalue weighted by molar-refractivity contribution is -0.119. The van der Waals surface area contributed by atoms with Gasteiger partial charge in [0, 0.05) is 38.3 Å². The van der Waals surface area contributed by atoms with Crippen LogP contribution in [-0.2, 0) is 16.1 Å². The van der Waals surface area contributed by atoms with Gasteiger partial charge in [0.15, 0.2) is 5.96 Å². The first-order valence-electron chi connectivity index (χ1n) is 9.95. The van der Waals surface area contributed by atoms with Crippen LogP contribution in [0, 0.1) is 0 Å². The fourth-order valence-electron chi connectivity index (χ4n) is 3.44. The van der Waals surface area contributed by atoms with Gasteiger partial charge in [0.25, 0.3) is 0 Å². The van der Waals surface area contributed by atoms with Crippen molar-refractivity contribution < 1.29 is 9.53 Å². The van der Waals surface area contributed by atoms with Crippen LogP contribution in [0.2, 0.25) is 0 Å². The van der Waals surface area contributed by atoms with Crippen molar-refractivity contribution in [3.63, 3.8) is 0 Å². The molecule has 0 saturated carbocycles. The van der Waals surface area contributed by atoms with E-state index in [4.69, 9.17) is 10.5 Å². The number of aliphatic imine (C=N–C) groups is 1. The molecule has 0 aromatic heterocycles. The zero-order valence-corrected chi connectivity index (χ0v) is 18.8. The van der Waals surface area contributed by atoms with E-state index in [-0.39, 0.29) is 29.9 Å². The highest BCUT2D eigenvalue weighted by Crippen LogP contribution is 2.21.